The largest absolute Gasteiger partial charge is 0.481 e. The van der Waals surface area contributed by atoms with Crippen LogP contribution in [0.1, 0.15) is 30.9 Å². The summed E-state index contributed by atoms with van der Waals surface area (Å²) in [6.07, 6.45) is 5.43. The minimum Gasteiger partial charge on any atom is -0.481 e. The summed E-state index contributed by atoms with van der Waals surface area (Å²) in [6, 6.07) is 7.58. The molecule has 1 saturated carbocycles. The maximum Gasteiger partial charge on any atom is 0.307 e. The van der Waals surface area contributed by atoms with E-state index in [0.717, 1.165) is 11.1 Å². The fourth-order valence-electron chi connectivity index (χ4n) is 2.58. The molecule has 2 rings (SSSR count). The van der Waals surface area contributed by atoms with Gasteiger partial charge in [0.2, 0.25) is 0 Å². The Morgan fingerprint density at radius 1 is 1.44 bits per heavy atom. The minimum absolute atomic E-state index is 0.0391. The van der Waals surface area contributed by atoms with Crippen molar-refractivity contribution < 1.29 is 9.90 Å². The van der Waals surface area contributed by atoms with Crippen LogP contribution in [-0.2, 0) is 4.79 Å². The van der Waals surface area contributed by atoms with Gasteiger partial charge in [-0.3, -0.25) is 4.79 Å². The second-order valence-electron chi connectivity index (χ2n) is 4.85. The van der Waals surface area contributed by atoms with Crippen molar-refractivity contribution in [2.24, 2.45) is 11.3 Å². The molecule has 0 aromatic heterocycles. The van der Waals surface area contributed by atoms with Gasteiger partial charge < -0.3 is 5.11 Å². The molecule has 2 atom stereocenters. The van der Waals surface area contributed by atoms with Crippen molar-refractivity contribution in [2.75, 3.05) is 0 Å². The number of carboxylic acid groups (broad SMARTS) is 1. The normalized spacial score (nSPS) is 25.8. The summed E-state index contributed by atoms with van der Waals surface area (Å²) in [5, 5.41) is 9.13. The second-order valence-corrected chi connectivity index (χ2v) is 4.85. The van der Waals surface area contributed by atoms with Gasteiger partial charge in [0.1, 0.15) is 0 Å². The van der Waals surface area contributed by atoms with Gasteiger partial charge in [-0.25, -0.2) is 0 Å². The van der Waals surface area contributed by atoms with E-state index in [-0.39, 0.29) is 17.3 Å². The molecule has 0 heterocycles. The van der Waals surface area contributed by atoms with E-state index in [1.807, 2.05) is 38.1 Å². The lowest BCUT2D eigenvalue weighted by atomic mass is 9.98. The van der Waals surface area contributed by atoms with Crippen molar-refractivity contribution in [1.82, 2.24) is 0 Å². The van der Waals surface area contributed by atoms with E-state index >= 15 is 0 Å². The Labute approximate surface area is 95.3 Å². The third-order valence-electron chi connectivity index (χ3n) is 3.54. The molecule has 0 saturated heterocycles. The molecule has 0 bridgehead atoms. The summed E-state index contributed by atoms with van der Waals surface area (Å²) in [6.45, 7) is 3.95. The van der Waals surface area contributed by atoms with E-state index in [1.165, 1.54) is 0 Å². The van der Waals surface area contributed by atoms with Crippen LogP contribution >= 0.6 is 0 Å². The predicted molar refractivity (Wildman–Crippen MR) is 62.0 cm³/mol. The molecule has 2 unspecified atom stereocenters. The van der Waals surface area contributed by atoms with Crippen LogP contribution in [0.2, 0.25) is 0 Å². The molecule has 0 spiro atoms. The van der Waals surface area contributed by atoms with Gasteiger partial charge in [0.25, 0.3) is 0 Å². The average molecular weight is 214 g/mol. The van der Waals surface area contributed by atoms with Crippen LogP contribution in [0.15, 0.2) is 24.3 Å². The van der Waals surface area contributed by atoms with E-state index in [4.69, 9.17) is 11.5 Å². The van der Waals surface area contributed by atoms with Crippen LogP contribution in [0.5, 0.6) is 0 Å². The molecular weight excluding hydrogens is 200 g/mol. The number of rotatable bonds is 2. The molecule has 1 aliphatic rings. The lowest BCUT2D eigenvalue weighted by Crippen LogP contribution is -2.03. The molecule has 0 radical (unpaired) electrons. The van der Waals surface area contributed by atoms with E-state index in [1.54, 1.807) is 0 Å². The molecule has 1 fully saturated rings. The lowest BCUT2D eigenvalue weighted by Gasteiger charge is -2.05. The van der Waals surface area contributed by atoms with Crippen LogP contribution in [0, 0.1) is 23.7 Å². The Bertz CT molecular complexity index is 480. The van der Waals surface area contributed by atoms with Crippen LogP contribution < -0.4 is 0 Å². The Hall–Kier alpha value is -1.75. The van der Waals surface area contributed by atoms with Crippen molar-refractivity contribution in [1.29, 1.82) is 0 Å². The van der Waals surface area contributed by atoms with Gasteiger partial charge in [-0.15, -0.1) is 6.42 Å². The molecule has 1 N–H and O–H groups in total. The first-order valence-corrected chi connectivity index (χ1v) is 5.28. The highest BCUT2D eigenvalue weighted by Gasteiger charge is 2.63. The van der Waals surface area contributed by atoms with Crippen molar-refractivity contribution in [3.63, 3.8) is 0 Å². The molecule has 0 amide bonds. The number of hydrogen-bond acceptors (Lipinski definition) is 1. The SMILES string of the molecule is C#Cc1ccccc1C1C(C(=O)O)C1(C)C. The monoisotopic (exact) mass is 214 g/mol. The third-order valence-corrected chi connectivity index (χ3v) is 3.54. The fraction of sp³-hybridized carbons (Fsp3) is 0.357. The van der Waals surface area contributed by atoms with Gasteiger partial charge in [-0.2, -0.15) is 0 Å². The fourth-order valence-corrected chi connectivity index (χ4v) is 2.58. The summed E-state index contributed by atoms with van der Waals surface area (Å²) < 4.78 is 0. The predicted octanol–water partition coefficient (Wildman–Crippen LogP) is 2.49. The highest BCUT2D eigenvalue weighted by Crippen LogP contribution is 2.64. The quantitative estimate of drug-likeness (QED) is 0.768. The van der Waals surface area contributed by atoms with Gasteiger partial charge in [-0.05, 0) is 17.0 Å². The Kier molecular flexibility index (Phi) is 2.27. The standard InChI is InChI=1S/C14H14O2/c1-4-9-7-5-6-8-10(9)11-12(13(15)16)14(11,2)3/h1,5-8,11-12H,2-3H3,(H,15,16). The molecule has 1 aromatic carbocycles. The summed E-state index contributed by atoms with van der Waals surface area (Å²) in [5.41, 5.74) is 1.60. The summed E-state index contributed by atoms with van der Waals surface area (Å²) in [4.78, 5) is 11.1. The minimum atomic E-state index is -0.734. The highest BCUT2D eigenvalue weighted by molar-refractivity contribution is 5.78. The Morgan fingerprint density at radius 3 is 2.56 bits per heavy atom. The lowest BCUT2D eigenvalue weighted by molar-refractivity contribution is -0.139. The van der Waals surface area contributed by atoms with Crippen LogP contribution in [0.25, 0.3) is 0 Å². The summed E-state index contributed by atoms with van der Waals surface area (Å²) in [7, 11) is 0. The van der Waals surface area contributed by atoms with E-state index in [0.29, 0.717) is 0 Å². The number of carboxylic acids is 1. The molecule has 16 heavy (non-hydrogen) atoms. The maximum absolute atomic E-state index is 11.1. The van der Waals surface area contributed by atoms with Gasteiger partial charge >= 0.3 is 5.97 Å². The summed E-state index contributed by atoms with van der Waals surface area (Å²) >= 11 is 0. The number of carbonyl (C=O) groups is 1. The van der Waals surface area contributed by atoms with E-state index < -0.39 is 5.97 Å². The summed E-state index contributed by atoms with van der Waals surface area (Å²) in [5.74, 6) is 1.61. The molecular formula is C14H14O2. The first-order chi connectivity index (χ1) is 7.50. The van der Waals surface area contributed by atoms with E-state index in [9.17, 15) is 4.79 Å². The van der Waals surface area contributed by atoms with Gasteiger partial charge in [0.05, 0.1) is 5.92 Å². The third kappa shape index (κ3) is 1.40. The van der Waals surface area contributed by atoms with Crippen LogP contribution in [0.3, 0.4) is 0 Å². The maximum atomic E-state index is 11.1. The first-order valence-electron chi connectivity index (χ1n) is 5.28. The van der Waals surface area contributed by atoms with Crippen LogP contribution in [-0.4, -0.2) is 11.1 Å². The number of terminal acetylenes is 1. The second kappa shape index (κ2) is 3.38. The molecule has 2 nitrogen and oxygen atoms in total. The smallest absolute Gasteiger partial charge is 0.307 e. The zero-order valence-corrected chi connectivity index (χ0v) is 9.40. The van der Waals surface area contributed by atoms with Crippen molar-refractivity contribution in [3.8, 4) is 12.3 Å². The zero-order valence-electron chi connectivity index (χ0n) is 9.40. The molecule has 0 aliphatic heterocycles. The van der Waals surface area contributed by atoms with Gasteiger partial charge in [-0.1, -0.05) is 38.0 Å². The van der Waals surface area contributed by atoms with Crippen molar-refractivity contribution >= 4 is 5.97 Å². The van der Waals surface area contributed by atoms with Crippen LogP contribution in [0.4, 0.5) is 0 Å². The number of hydrogen-bond donors (Lipinski definition) is 1. The Balaban J connectivity index is 2.42. The first kappa shape index (κ1) is 10.8. The number of aliphatic carboxylic acids is 1. The van der Waals surface area contributed by atoms with Gasteiger partial charge in [0, 0.05) is 11.5 Å². The topological polar surface area (TPSA) is 37.3 Å². The van der Waals surface area contributed by atoms with Crippen molar-refractivity contribution in [2.45, 2.75) is 19.8 Å². The molecule has 2 heteroatoms. The average Bonchev–Trinajstić information content (AvgIpc) is 2.81. The Morgan fingerprint density at radius 2 is 2.06 bits per heavy atom. The van der Waals surface area contributed by atoms with E-state index in [2.05, 4.69) is 5.92 Å². The molecule has 1 aromatic rings. The van der Waals surface area contributed by atoms with Gasteiger partial charge in [0.15, 0.2) is 0 Å². The highest BCUT2D eigenvalue weighted by atomic mass is 16.4. The molecule has 1 aliphatic carbocycles. The van der Waals surface area contributed by atoms with Crippen molar-refractivity contribution in [3.05, 3.63) is 35.4 Å². The molecule has 82 valence electrons. The number of benzene rings is 1. The zero-order chi connectivity index (χ0) is 11.9.